The molecular formula is C10H15N7O2. The summed E-state index contributed by atoms with van der Waals surface area (Å²) in [5, 5.41) is 15.6. The fourth-order valence-electron chi connectivity index (χ4n) is 1.72. The zero-order valence-corrected chi connectivity index (χ0v) is 10.8. The molecule has 0 aliphatic carbocycles. The summed E-state index contributed by atoms with van der Waals surface area (Å²) in [5.41, 5.74) is 7.10. The summed E-state index contributed by atoms with van der Waals surface area (Å²) < 4.78 is 7.84. The van der Waals surface area contributed by atoms with Gasteiger partial charge in [0, 0.05) is 19.7 Å². The van der Waals surface area contributed by atoms with E-state index in [1.807, 2.05) is 0 Å². The minimum Gasteiger partial charge on any atom is -0.464 e. The predicted octanol–water partition coefficient (Wildman–Crippen LogP) is -1.26. The van der Waals surface area contributed by atoms with Crippen molar-refractivity contribution in [2.45, 2.75) is 13.0 Å². The summed E-state index contributed by atoms with van der Waals surface area (Å²) in [6.45, 7) is 0.769. The normalized spacial score (nSPS) is 10.7. The monoisotopic (exact) mass is 265 g/mol. The standard InChI is InChI=1S/C10H15N7O2/c1-16-5-7(12-14-16)6-17-8(3-4-11)9(13-15-17)10(18)19-2/h5H,3-4,6,11H2,1-2H3. The average molecular weight is 265 g/mol. The summed E-state index contributed by atoms with van der Waals surface area (Å²) in [5.74, 6) is -0.520. The molecule has 0 fully saturated rings. The molecule has 0 spiro atoms. The summed E-state index contributed by atoms with van der Waals surface area (Å²) in [6.07, 6.45) is 2.25. The van der Waals surface area contributed by atoms with E-state index in [9.17, 15) is 4.79 Å². The van der Waals surface area contributed by atoms with Crippen molar-refractivity contribution < 1.29 is 9.53 Å². The third-order valence-corrected chi connectivity index (χ3v) is 2.56. The van der Waals surface area contributed by atoms with Crippen molar-refractivity contribution in [2.75, 3.05) is 13.7 Å². The van der Waals surface area contributed by atoms with Gasteiger partial charge in [-0.1, -0.05) is 10.4 Å². The second kappa shape index (κ2) is 5.57. The molecular weight excluding hydrogens is 250 g/mol. The predicted molar refractivity (Wildman–Crippen MR) is 64.2 cm³/mol. The molecule has 0 aliphatic rings. The molecule has 0 bridgehead atoms. The second-order valence-electron chi connectivity index (χ2n) is 3.96. The molecule has 2 N–H and O–H groups in total. The second-order valence-corrected chi connectivity index (χ2v) is 3.96. The quantitative estimate of drug-likeness (QED) is 0.671. The molecule has 0 radical (unpaired) electrons. The minimum atomic E-state index is -0.520. The van der Waals surface area contributed by atoms with Gasteiger partial charge < -0.3 is 10.5 Å². The Morgan fingerprint density at radius 2 is 2.21 bits per heavy atom. The number of aryl methyl sites for hydroxylation is 1. The maximum Gasteiger partial charge on any atom is 0.360 e. The summed E-state index contributed by atoms with van der Waals surface area (Å²) in [4.78, 5) is 11.6. The molecule has 2 heterocycles. The smallest absolute Gasteiger partial charge is 0.360 e. The fraction of sp³-hybridized carbons (Fsp3) is 0.500. The Hall–Kier alpha value is -2.29. The third-order valence-electron chi connectivity index (χ3n) is 2.56. The molecule has 2 aromatic rings. The van der Waals surface area contributed by atoms with Crippen LogP contribution >= 0.6 is 0 Å². The summed E-state index contributed by atoms with van der Waals surface area (Å²) >= 11 is 0. The van der Waals surface area contributed by atoms with Gasteiger partial charge in [-0.15, -0.1) is 10.2 Å². The number of esters is 1. The van der Waals surface area contributed by atoms with E-state index in [1.165, 1.54) is 7.11 Å². The molecule has 0 saturated heterocycles. The van der Waals surface area contributed by atoms with Gasteiger partial charge in [0.2, 0.25) is 0 Å². The number of nitrogens with zero attached hydrogens (tertiary/aromatic N) is 6. The molecule has 0 unspecified atom stereocenters. The summed E-state index contributed by atoms with van der Waals surface area (Å²) in [7, 11) is 3.08. The maximum absolute atomic E-state index is 11.6. The van der Waals surface area contributed by atoms with Gasteiger partial charge in [-0.3, -0.25) is 4.68 Å². The lowest BCUT2D eigenvalue weighted by Crippen LogP contribution is -2.15. The van der Waals surface area contributed by atoms with Crippen LogP contribution in [-0.4, -0.2) is 49.6 Å². The molecule has 0 atom stereocenters. The van der Waals surface area contributed by atoms with Crippen LogP contribution in [0.25, 0.3) is 0 Å². The molecule has 19 heavy (non-hydrogen) atoms. The first-order chi connectivity index (χ1) is 9.15. The van der Waals surface area contributed by atoms with Crippen LogP contribution in [-0.2, 0) is 24.8 Å². The van der Waals surface area contributed by atoms with Crippen molar-refractivity contribution in [1.29, 1.82) is 0 Å². The lowest BCUT2D eigenvalue weighted by atomic mass is 10.2. The number of hydrogen-bond acceptors (Lipinski definition) is 7. The average Bonchev–Trinajstić information content (AvgIpc) is 2.97. The highest BCUT2D eigenvalue weighted by Crippen LogP contribution is 2.09. The van der Waals surface area contributed by atoms with Crippen molar-refractivity contribution in [2.24, 2.45) is 12.8 Å². The van der Waals surface area contributed by atoms with Crippen molar-refractivity contribution in [3.63, 3.8) is 0 Å². The Balaban J connectivity index is 2.29. The maximum atomic E-state index is 11.6. The first kappa shape index (κ1) is 13.1. The van der Waals surface area contributed by atoms with Crippen LogP contribution in [0.2, 0.25) is 0 Å². The number of methoxy groups -OCH3 is 1. The van der Waals surface area contributed by atoms with E-state index in [0.717, 1.165) is 5.69 Å². The van der Waals surface area contributed by atoms with E-state index in [4.69, 9.17) is 5.73 Å². The lowest BCUT2D eigenvalue weighted by molar-refractivity contribution is 0.0592. The molecule has 0 aromatic carbocycles. The SMILES string of the molecule is COC(=O)c1nnn(Cc2cn(C)nn2)c1CCN. The molecule has 9 nitrogen and oxygen atoms in total. The Morgan fingerprint density at radius 3 is 2.79 bits per heavy atom. The van der Waals surface area contributed by atoms with Crippen LogP contribution in [0, 0.1) is 0 Å². The molecule has 0 amide bonds. The topological polar surface area (TPSA) is 114 Å². The Bertz CT molecular complexity index is 574. The van der Waals surface area contributed by atoms with Gasteiger partial charge in [0.15, 0.2) is 5.69 Å². The van der Waals surface area contributed by atoms with Crippen molar-refractivity contribution in [3.8, 4) is 0 Å². The van der Waals surface area contributed by atoms with Gasteiger partial charge in [-0.05, 0) is 6.54 Å². The van der Waals surface area contributed by atoms with Crippen LogP contribution in [0.1, 0.15) is 21.9 Å². The van der Waals surface area contributed by atoms with Crippen molar-refractivity contribution in [1.82, 2.24) is 30.0 Å². The highest BCUT2D eigenvalue weighted by molar-refractivity contribution is 5.88. The highest BCUT2D eigenvalue weighted by atomic mass is 16.5. The largest absolute Gasteiger partial charge is 0.464 e. The van der Waals surface area contributed by atoms with Gasteiger partial charge in [0.05, 0.1) is 19.3 Å². The van der Waals surface area contributed by atoms with E-state index in [1.54, 1.807) is 22.6 Å². The van der Waals surface area contributed by atoms with Crippen LogP contribution in [0.15, 0.2) is 6.20 Å². The third kappa shape index (κ3) is 2.76. The Morgan fingerprint density at radius 1 is 1.42 bits per heavy atom. The number of nitrogens with two attached hydrogens (primary N) is 1. The van der Waals surface area contributed by atoms with Crippen molar-refractivity contribution in [3.05, 3.63) is 23.3 Å². The number of carbonyl (C=O) groups excluding carboxylic acids is 1. The van der Waals surface area contributed by atoms with Gasteiger partial charge in [0.25, 0.3) is 0 Å². The molecule has 0 saturated carbocycles. The van der Waals surface area contributed by atoms with E-state index in [-0.39, 0.29) is 5.69 Å². The highest BCUT2D eigenvalue weighted by Gasteiger charge is 2.20. The lowest BCUT2D eigenvalue weighted by Gasteiger charge is -2.04. The Kier molecular flexibility index (Phi) is 3.85. The molecule has 0 aliphatic heterocycles. The van der Waals surface area contributed by atoms with Crippen LogP contribution in [0.5, 0.6) is 0 Å². The zero-order chi connectivity index (χ0) is 13.8. The van der Waals surface area contributed by atoms with E-state index >= 15 is 0 Å². The van der Waals surface area contributed by atoms with E-state index in [2.05, 4.69) is 25.4 Å². The minimum absolute atomic E-state index is 0.192. The number of ether oxygens (including phenoxy) is 1. The van der Waals surface area contributed by atoms with E-state index < -0.39 is 5.97 Å². The molecule has 2 rings (SSSR count). The fourth-order valence-corrected chi connectivity index (χ4v) is 1.72. The van der Waals surface area contributed by atoms with Gasteiger partial charge in [0.1, 0.15) is 5.69 Å². The first-order valence-electron chi connectivity index (χ1n) is 5.71. The van der Waals surface area contributed by atoms with Crippen LogP contribution in [0.3, 0.4) is 0 Å². The molecule has 9 heteroatoms. The van der Waals surface area contributed by atoms with Crippen molar-refractivity contribution >= 4 is 5.97 Å². The number of hydrogen-bond donors (Lipinski definition) is 1. The Labute approximate surface area is 109 Å². The van der Waals surface area contributed by atoms with E-state index in [0.29, 0.717) is 25.2 Å². The number of carbonyl (C=O) groups is 1. The van der Waals surface area contributed by atoms with Crippen LogP contribution < -0.4 is 5.73 Å². The van der Waals surface area contributed by atoms with Gasteiger partial charge >= 0.3 is 5.97 Å². The zero-order valence-electron chi connectivity index (χ0n) is 10.8. The molecule has 2 aromatic heterocycles. The summed E-state index contributed by atoms with van der Waals surface area (Å²) in [6, 6.07) is 0. The van der Waals surface area contributed by atoms with Gasteiger partial charge in [-0.2, -0.15) is 0 Å². The number of aromatic nitrogens is 6. The van der Waals surface area contributed by atoms with Crippen LogP contribution in [0.4, 0.5) is 0 Å². The van der Waals surface area contributed by atoms with Gasteiger partial charge in [-0.25, -0.2) is 9.48 Å². The first-order valence-corrected chi connectivity index (χ1v) is 5.71. The number of rotatable bonds is 5. The molecule has 102 valence electrons.